The SMILES string of the molecule is Cc1cccc(C)c1OCC(=O)NCCc1ccc(F)c(Br)c1. The van der Waals surface area contributed by atoms with Crippen LogP contribution in [-0.4, -0.2) is 19.1 Å². The van der Waals surface area contributed by atoms with Crippen molar-refractivity contribution >= 4 is 21.8 Å². The van der Waals surface area contributed by atoms with Crippen molar-refractivity contribution in [2.75, 3.05) is 13.2 Å². The fourth-order valence-corrected chi connectivity index (χ4v) is 2.68. The monoisotopic (exact) mass is 379 g/mol. The van der Waals surface area contributed by atoms with Crippen molar-refractivity contribution in [3.05, 3.63) is 63.4 Å². The molecule has 0 aliphatic heterocycles. The number of amides is 1. The van der Waals surface area contributed by atoms with E-state index in [0.717, 1.165) is 22.4 Å². The van der Waals surface area contributed by atoms with Gasteiger partial charge in [-0.15, -0.1) is 0 Å². The van der Waals surface area contributed by atoms with E-state index in [2.05, 4.69) is 21.2 Å². The summed E-state index contributed by atoms with van der Waals surface area (Å²) in [6.07, 6.45) is 0.633. The number of hydrogen-bond acceptors (Lipinski definition) is 2. The number of ether oxygens (including phenoxy) is 1. The molecule has 122 valence electrons. The third-order valence-electron chi connectivity index (χ3n) is 3.48. The van der Waals surface area contributed by atoms with Crippen LogP contribution in [0.4, 0.5) is 4.39 Å². The van der Waals surface area contributed by atoms with Gasteiger partial charge in [0.25, 0.3) is 5.91 Å². The van der Waals surface area contributed by atoms with Gasteiger partial charge in [-0.05, 0) is 65.0 Å². The predicted octanol–water partition coefficient (Wildman–Crippen LogP) is 3.94. The van der Waals surface area contributed by atoms with Crippen molar-refractivity contribution in [2.45, 2.75) is 20.3 Å². The molecule has 3 nitrogen and oxygen atoms in total. The number of benzene rings is 2. The summed E-state index contributed by atoms with van der Waals surface area (Å²) in [6, 6.07) is 10.7. The number of rotatable bonds is 6. The number of para-hydroxylation sites is 1. The number of carbonyl (C=O) groups excluding carboxylic acids is 1. The highest BCUT2D eigenvalue weighted by molar-refractivity contribution is 9.10. The van der Waals surface area contributed by atoms with Crippen LogP contribution in [-0.2, 0) is 11.2 Å². The molecular formula is C18H19BrFNO2. The fourth-order valence-electron chi connectivity index (χ4n) is 2.26. The zero-order chi connectivity index (χ0) is 16.8. The molecule has 0 aliphatic carbocycles. The summed E-state index contributed by atoms with van der Waals surface area (Å²) in [5.41, 5.74) is 2.97. The Morgan fingerprint density at radius 2 is 1.91 bits per heavy atom. The summed E-state index contributed by atoms with van der Waals surface area (Å²) in [5.74, 6) is 0.290. The lowest BCUT2D eigenvalue weighted by molar-refractivity contribution is -0.123. The molecule has 0 radical (unpaired) electrons. The second-order valence-corrected chi connectivity index (χ2v) is 6.21. The maximum Gasteiger partial charge on any atom is 0.257 e. The first-order valence-corrected chi connectivity index (χ1v) is 8.16. The van der Waals surface area contributed by atoms with Crippen molar-refractivity contribution in [3.8, 4) is 5.75 Å². The molecule has 0 heterocycles. The number of hydrogen-bond donors (Lipinski definition) is 1. The van der Waals surface area contributed by atoms with Gasteiger partial charge in [0.2, 0.25) is 0 Å². The molecule has 0 fully saturated rings. The lowest BCUT2D eigenvalue weighted by Gasteiger charge is -2.12. The molecule has 2 aromatic rings. The highest BCUT2D eigenvalue weighted by atomic mass is 79.9. The average molecular weight is 380 g/mol. The molecule has 2 aromatic carbocycles. The highest BCUT2D eigenvalue weighted by Gasteiger charge is 2.07. The van der Waals surface area contributed by atoms with Gasteiger partial charge in [0.1, 0.15) is 11.6 Å². The molecule has 0 saturated heterocycles. The molecule has 5 heteroatoms. The molecule has 1 N–H and O–H groups in total. The van der Waals surface area contributed by atoms with E-state index in [4.69, 9.17) is 4.74 Å². The van der Waals surface area contributed by atoms with Crippen LogP contribution in [0.25, 0.3) is 0 Å². The Balaban J connectivity index is 1.78. The first-order chi connectivity index (χ1) is 11.0. The molecule has 23 heavy (non-hydrogen) atoms. The normalized spacial score (nSPS) is 10.4. The minimum Gasteiger partial charge on any atom is -0.483 e. The summed E-state index contributed by atoms with van der Waals surface area (Å²) in [5, 5.41) is 2.80. The molecular weight excluding hydrogens is 361 g/mol. The summed E-state index contributed by atoms with van der Waals surface area (Å²) in [6.45, 7) is 4.37. The maximum atomic E-state index is 13.1. The van der Waals surface area contributed by atoms with Crippen molar-refractivity contribution < 1.29 is 13.9 Å². The molecule has 0 aliphatic rings. The standard InChI is InChI=1S/C18H19BrFNO2/c1-12-4-3-5-13(2)18(12)23-11-17(22)21-9-8-14-6-7-16(20)15(19)10-14/h3-7,10H,8-9,11H2,1-2H3,(H,21,22). The average Bonchev–Trinajstić information content (AvgIpc) is 2.50. The highest BCUT2D eigenvalue weighted by Crippen LogP contribution is 2.22. The van der Waals surface area contributed by atoms with Crippen LogP contribution < -0.4 is 10.1 Å². The summed E-state index contributed by atoms with van der Waals surface area (Å²) < 4.78 is 19.2. The van der Waals surface area contributed by atoms with E-state index in [9.17, 15) is 9.18 Å². The van der Waals surface area contributed by atoms with Crippen LogP contribution in [0.2, 0.25) is 0 Å². The van der Waals surface area contributed by atoms with Crippen LogP contribution in [0.3, 0.4) is 0 Å². The quantitative estimate of drug-likeness (QED) is 0.825. The Bertz CT molecular complexity index is 683. The smallest absolute Gasteiger partial charge is 0.257 e. The van der Waals surface area contributed by atoms with Gasteiger partial charge in [-0.2, -0.15) is 0 Å². The van der Waals surface area contributed by atoms with Gasteiger partial charge in [0.15, 0.2) is 6.61 Å². The molecule has 0 unspecified atom stereocenters. The first-order valence-electron chi connectivity index (χ1n) is 7.37. The molecule has 0 saturated carbocycles. The molecule has 0 bridgehead atoms. The fraction of sp³-hybridized carbons (Fsp3) is 0.278. The van der Waals surface area contributed by atoms with Gasteiger partial charge in [-0.25, -0.2) is 4.39 Å². The predicted molar refractivity (Wildman–Crippen MR) is 92.2 cm³/mol. The van der Waals surface area contributed by atoms with Gasteiger partial charge in [0, 0.05) is 6.54 Å². The zero-order valence-electron chi connectivity index (χ0n) is 13.2. The number of halogens is 2. The molecule has 0 aromatic heterocycles. The Kier molecular flexibility index (Phi) is 6.16. The Morgan fingerprint density at radius 3 is 2.57 bits per heavy atom. The summed E-state index contributed by atoms with van der Waals surface area (Å²) in [7, 11) is 0. The van der Waals surface area contributed by atoms with E-state index < -0.39 is 0 Å². The van der Waals surface area contributed by atoms with Crippen molar-refractivity contribution in [2.24, 2.45) is 0 Å². The molecule has 0 spiro atoms. The van der Waals surface area contributed by atoms with E-state index in [1.54, 1.807) is 12.1 Å². The molecule has 0 atom stereocenters. The third kappa shape index (κ3) is 5.06. The van der Waals surface area contributed by atoms with Crippen LogP contribution in [0.5, 0.6) is 5.75 Å². The second kappa shape index (κ2) is 8.11. The van der Waals surface area contributed by atoms with Crippen molar-refractivity contribution in [1.82, 2.24) is 5.32 Å². The van der Waals surface area contributed by atoms with Crippen molar-refractivity contribution in [1.29, 1.82) is 0 Å². The van der Waals surface area contributed by atoms with Gasteiger partial charge < -0.3 is 10.1 Å². The lowest BCUT2D eigenvalue weighted by atomic mass is 10.1. The maximum absolute atomic E-state index is 13.1. The minimum atomic E-state index is -0.292. The molecule has 2 rings (SSSR count). The van der Waals surface area contributed by atoms with Crippen LogP contribution in [0, 0.1) is 19.7 Å². The lowest BCUT2D eigenvalue weighted by Crippen LogP contribution is -2.30. The van der Waals surface area contributed by atoms with Crippen molar-refractivity contribution in [3.63, 3.8) is 0 Å². The van der Waals surface area contributed by atoms with Crippen LogP contribution in [0.15, 0.2) is 40.9 Å². The second-order valence-electron chi connectivity index (χ2n) is 5.36. The largest absolute Gasteiger partial charge is 0.483 e. The van der Waals surface area contributed by atoms with E-state index >= 15 is 0 Å². The Hall–Kier alpha value is -1.88. The number of nitrogens with one attached hydrogen (secondary N) is 1. The van der Waals surface area contributed by atoms with Gasteiger partial charge >= 0.3 is 0 Å². The van der Waals surface area contributed by atoms with Crippen LogP contribution >= 0.6 is 15.9 Å². The van der Waals surface area contributed by atoms with Gasteiger partial charge in [-0.1, -0.05) is 24.3 Å². The zero-order valence-corrected chi connectivity index (χ0v) is 14.7. The summed E-state index contributed by atoms with van der Waals surface area (Å²) >= 11 is 3.15. The minimum absolute atomic E-state index is 0.0151. The van der Waals surface area contributed by atoms with E-state index in [1.165, 1.54) is 6.07 Å². The van der Waals surface area contributed by atoms with E-state index in [-0.39, 0.29) is 18.3 Å². The Morgan fingerprint density at radius 1 is 1.22 bits per heavy atom. The first kappa shape index (κ1) is 17.5. The number of aryl methyl sites for hydroxylation is 2. The van der Waals surface area contributed by atoms with E-state index in [1.807, 2.05) is 32.0 Å². The number of carbonyl (C=O) groups is 1. The molecule has 1 amide bonds. The Labute approximate surface area is 144 Å². The van der Waals surface area contributed by atoms with E-state index in [0.29, 0.717) is 17.4 Å². The summed E-state index contributed by atoms with van der Waals surface area (Å²) in [4.78, 5) is 11.8. The van der Waals surface area contributed by atoms with Gasteiger partial charge in [-0.3, -0.25) is 4.79 Å². The van der Waals surface area contributed by atoms with Gasteiger partial charge in [0.05, 0.1) is 4.47 Å². The third-order valence-corrected chi connectivity index (χ3v) is 4.08. The topological polar surface area (TPSA) is 38.3 Å². The van der Waals surface area contributed by atoms with Crippen LogP contribution in [0.1, 0.15) is 16.7 Å².